The Labute approximate surface area is 193 Å². The van der Waals surface area contributed by atoms with Crippen LogP contribution < -0.4 is 11.3 Å². The zero-order valence-electron chi connectivity index (χ0n) is 16.6. The van der Waals surface area contributed by atoms with Crippen molar-refractivity contribution in [3.63, 3.8) is 0 Å². The molecular formula is C22H18Cl2N4O2S. The van der Waals surface area contributed by atoms with E-state index in [0.29, 0.717) is 39.1 Å². The summed E-state index contributed by atoms with van der Waals surface area (Å²) in [5.74, 6) is -0.480. The number of benzene rings is 2. The predicted molar refractivity (Wildman–Crippen MR) is 124 cm³/mol. The predicted octanol–water partition coefficient (Wildman–Crippen LogP) is 4.36. The van der Waals surface area contributed by atoms with Crippen molar-refractivity contribution < 1.29 is 4.79 Å². The van der Waals surface area contributed by atoms with Gasteiger partial charge in [0.1, 0.15) is 11.6 Å². The van der Waals surface area contributed by atoms with E-state index in [1.807, 2.05) is 12.1 Å². The fraction of sp³-hybridized carbons (Fsp3) is 0.182. The summed E-state index contributed by atoms with van der Waals surface area (Å²) < 4.78 is 1.52. The van der Waals surface area contributed by atoms with Gasteiger partial charge in [-0.1, -0.05) is 53.2 Å². The number of nitriles is 1. The molecule has 0 amide bonds. The molecule has 2 N–H and O–H groups in total. The lowest BCUT2D eigenvalue weighted by atomic mass is 10.1. The first-order valence-corrected chi connectivity index (χ1v) is 11.0. The molecule has 0 radical (unpaired) electrons. The number of hydrogen-bond donors (Lipinski definition) is 1. The van der Waals surface area contributed by atoms with E-state index in [2.05, 4.69) is 4.98 Å². The number of para-hydroxylation sites is 1. The monoisotopic (exact) mass is 472 g/mol. The van der Waals surface area contributed by atoms with Crippen LogP contribution in [0.1, 0.15) is 12.5 Å². The van der Waals surface area contributed by atoms with E-state index < -0.39 is 5.78 Å². The van der Waals surface area contributed by atoms with Crippen molar-refractivity contribution in [2.45, 2.75) is 25.0 Å². The Bertz CT molecular complexity index is 1290. The van der Waals surface area contributed by atoms with Gasteiger partial charge in [-0.05, 0) is 43.2 Å². The zero-order valence-corrected chi connectivity index (χ0v) is 18.9. The number of hydrogen-bond acceptors (Lipinski definition) is 6. The van der Waals surface area contributed by atoms with Gasteiger partial charge in [-0.25, -0.2) is 4.98 Å². The molecule has 0 fully saturated rings. The van der Waals surface area contributed by atoms with Gasteiger partial charge in [0.15, 0.2) is 10.9 Å². The average molecular weight is 473 g/mol. The van der Waals surface area contributed by atoms with Crippen molar-refractivity contribution >= 4 is 51.6 Å². The van der Waals surface area contributed by atoms with Gasteiger partial charge in [-0.2, -0.15) is 5.26 Å². The Morgan fingerprint density at radius 1 is 1.26 bits per heavy atom. The molecule has 9 heteroatoms. The molecule has 1 heterocycles. The normalized spacial score (nSPS) is 11.8. The number of aromatic nitrogens is 2. The largest absolute Gasteiger partial charge is 0.401 e. The summed E-state index contributed by atoms with van der Waals surface area (Å²) in [6.07, 6.45) is 0.475. The third kappa shape index (κ3) is 5.28. The number of rotatable bonds is 7. The fourth-order valence-electron chi connectivity index (χ4n) is 2.98. The maximum atomic E-state index is 13.1. The molecular weight excluding hydrogens is 455 g/mol. The molecule has 0 spiro atoms. The van der Waals surface area contributed by atoms with Crippen molar-refractivity contribution in [1.82, 2.24) is 9.55 Å². The van der Waals surface area contributed by atoms with E-state index >= 15 is 0 Å². The summed E-state index contributed by atoms with van der Waals surface area (Å²) in [5.41, 5.74) is 6.85. The van der Waals surface area contributed by atoms with Crippen LogP contribution in [0.25, 0.3) is 10.9 Å². The molecule has 3 rings (SSSR count). The average Bonchev–Trinajstić information content (AvgIpc) is 2.73. The van der Waals surface area contributed by atoms with Gasteiger partial charge in [0.05, 0.1) is 16.7 Å². The molecule has 0 saturated carbocycles. The first-order chi connectivity index (χ1) is 14.8. The second kappa shape index (κ2) is 10.0. The summed E-state index contributed by atoms with van der Waals surface area (Å²) in [5, 5.41) is 11.1. The maximum Gasteiger partial charge on any atom is 0.262 e. The number of ketones is 1. The number of carbonyl (C=O) groups is 1. The second-order valence-electron chi connectivity index (χ2n) is 6.74. The smallest absolute Gasteiger partial charge is 0.262 e. The van der Waals surface area contributed by atoms with E-state index in [-0.39, 0.29) is 22.6 Å². The SMILES string of the molecule is C/C(N)=C(/C#N)C(=O)CSc1nc2ccccc2c(=O)n1CCc1ccc(Cl)cc1Cl. The summed E-state index contributed by atoms with van der Waals surface area (Å²) in [7, 11) is 0. The molecule has 0 aliphatic rings. The number of aryl methyl sites for hydroxylation is 1. The first-order valence-electron chi connectivity index (χ1n) is 9.27. The highest BCUT2D eigenvalue weighted by molar-refractivity contribution is 7.99. The zero-order chi connectivity index (χ0) is 22.5. The summed E-state index contributed by atoms with van der Waals surface area (Å²) in [6.45, 7) is 1.81. The molecule has 3 aromatic rings. The third-order valence-corrected chi connectivity index (χ3v) is 6.13. The first kappa shape index (κ1) is 22.9. The minimum atomic E-state index is -0.415. The molecule has 31 heavy (non-hydrogen) atoms. The number of thioether (sulfide) groups is 1. The molecule has 0 unspecified atom stereocenters. The second-order valence-corrected chi connectivity index (χ2v) is 8.52. The maximum absolute atomic E-state index is 13.1. The molecule has 0 atom stereocenters. The van der Waals surface area contributed by atoms with Gasteiger partial charge >= 0.3 is 0 Å². The standard InChI is InChI=1S/C22H18Cl2N4O2S/c1-13(26)17(11-25)20(29)12-31-22-27-19-5-3-2-4-16(19)21(30)28(22)9-8-14-6-7-15(23)10-18(14)24/h2-7,10H,8-9,12,26H2,1H3/b17-13+. The van der Waals surface area contributed by atoms with E-state index in [9.17, 15) is 9.59 Å². The Kier molecular flexibility index (Phi) is 7.39. The topological polar surface area (TPSA) is 102 Å². The van der Waals surface area contributed by atoms with E-state index in [1.54, 1.807) is 36.4 Å². The molecule has 158 valence electrons. The van der Waals surface area contributed by atoms with Crippen molar-refractivity contribution in [1.29, 1.82) is 5.26 Å². The van der Waals surface area contributed by atoms with Crippen LogP contribution in [0.15, 0.2) is 63.7 Å². The lowest BCUT2D eigenvalue weighted by Crippen LogP contribution is -2.25. The molecule has 0 saturated heterocycles. The molecule has 1 aromatic heterocycles. The van der Waals surface area contributed by atoms with Crippen LogP contribution in [0, 0.1) is 11.3 Å². The van der Waals surface area contributed by atoms with E-state index in [4.69, 9.17) is 34.2 Å². The van der Waals surface area contributed by atoms with Crippen LogP contribution in [-0.4, -0.2) is 21.1 Å². The van der Waals surface area contributed by atoms with Crippen LogP contribution in [0.5, 0.6) is 0 Å². The van der Waals surface area contributed by atoms with Crippen LogP contribution >= 0.6 is 35.0 Å². The summed E-state index contributed by atoms with van der Waals surface area (Å²) >= 11 is 13.3. The minimum Gasteiger partial charge on any atom is -0.401 e. The quantitative estimate of drug-likeness (QED) is 0.237. The number of fused-ring (bicyclic) bond motifs is 1. The van der Waals surface area contributed by atoms with Crippen molar-refractivity contribution in [3.8, 4) is 6.07 Å². The highest BCUT2D eigenvalue weighted by Gasteiger charge is 2.16. The molecule has 6 nitrogen and oxygen atoms in total. The minimum absolute atomic E-state index is 0.0656. The van der Waals surface area contributed by atoms with E-state index in [1.165, 1.54) is 11.5 Å². The van der Waals surface area contributed by atoms with Crippen LogP contribution in [0.3, 0.4) is 0 Å². The van der Waals surface area contributed by atoms with Crippen molar-refractivity contribution in [2.24, 2.45) is 5.73 Å². The molecule has 0 aliphatic heterocycles. The van der Waals surface area contributed by atoms with Gasteiger partial charge in [0.25, 0.3) is 5.56 Å². The Morgan fingerprint density at radius 2 is 2.00 bits per heavy atom. The molecule has 2 aromatic carbocycles. The van der Waals surface area contributed by atoms with Gasteiger partial charge in [0, 0.05) is 22.3 Å². The van der Waals surface area contributed by atoms with Gasteiger partial charge in [-0.15, -0.1) is 0 Å². The number of Topliss-reactive ketones (excluding diaryl/α,β-unsaturated/α-hetero) is 1. The third-order valence-electron chi connectivity index (χ3n) is 4.56. The lowest BCUT2D eigenvalue weighted by molar-refractivity contribution is -0.112. The number of carbonyl (C=O) groups excluding carboxylic acids is 1. The number of nitrogens with zero attached hydrogens (tertiary/aromatic N) is 3. The Hall–Kier alpha value is -2.79. The van der Waals surface area contributed by atoms with Crippen LogP contribution in [-0.2, 0) is 17.8 Å². The van der Waals surface area contributed by atoms with Crippen molar-refractivity contribution in [2.75, 3.05) is 5.75 Å². The number of nitrogens with two attached hydrogens (primary N) is 1. The number of allylic oxidation sites excluding steroid dienone is 2. The number of halogens is 2. The Balaban J connectivity index is 1.95. The van der Waals surface area contributed by atoms with Crippen LogP contribution in [0.2, 0.25) is 10.0 Å². The van der Waals surface area contributed by atoms with Gasteiger partial charge in [0.2, 0.25) is 0 Å². The summed E-state index contributed by atoms with van der Waals surface area (Å²) in [4.78, 5) is 30.1. The van der Waals surface area contributed by atoms with Gasteiger partial charge in [-0.3, -0.25) is 14.2 Å². The van der Waals surface area contributed by atoms with Crippen molar-refractivity contribution in [3.05, 3.63) is 79.7 Å². The Morgan fingerprint density at radius 3 is 2.68 bits per heavy atom. The highest BCUT2D eigenvalue weighted by Crippen LogP contribution is 2.23. The fourth-order valence-corrected chi connectivity index (χ4v) is 4.38. The van der Waals surface area contributed by atoms with Crippen LogP contribution in [0.4, 0.5) is 0 Å². The van der Waals surface area contributed by atoms with E-state index in [0.717, 1.165) is 17.3 Å². The molecule has 0 bridgehead atoms. The van der Waals surface area contributed by atoms with Gasteiger partial charge < -0.3 is 5.73 Å². The molecule has 0 aliphatic carbocycles. The summed E-state index contributed by atoms with van der Waals surface area (Å²) in [6, 6.07) is 14.1. The lowest BCUT2D eigenvalue weighted by Gasteiger charge is -2.13. The highest BCUT2D eigenvalue weighted by atomic mass is 35.5.